The minimum atomic E-state index is -5.50. The Kier molecular flexibility index (Phi) is 6.92. The first-order valence-electron chi connectivity index (χ1n) is 9.88. The van der Waals surface area contributed by atoms with Crippen molar-refractivity contribution < 1.29 is 22.0 Å². The molecule has 0 unspecified atom stereocenters. The van der Waals surface area contributed by atoms with Crippen LogP contribution >= 0.6 is 7.26 Å². The topological polar surface area (TPSA) is 0 Å². The summed E-state index contributed by atoms with van der Waals surface area (Å²) in [6.07, 6.45) is -6.03. The molecule has 30 heavy (non-hydrogen) atoms. The van der Waals surface area contributed by atoms with Gasteiger partial charge in [-0.3, -0.25) is 0 Å². The van der Waals surface area contributed by atoms with Gasteiger partial charge >= 0.3 is 174 Å². The molecule has 0 saturated carbocycles. The van der Waals surface area contributed by atoms with Gasteiger partial charge in [-0.1, -0.05) is 0 Å². The Hall–Kier alpha value is -2.26. The molecule has 3 aromatic carbocycles. The van der Waals surface area contributed by atoms with Crippen molar-refractivity contribution in [2.75, 3.05) is 6.16 Å². The Bertz CT molecular complexity index is 812. The second kappa shape index (κ2) is 9.26. The Morgan fingerprint density at radius 1 is 0.533 bits per heavy atom. The molecule has 0 nitrogen and oxygen atoms in total. The first-order chi connectivity index (χ1) is 14.3. The molecule has 0 spiro atoms. The zero-order chi connectivity index (χ0) is 21.7. The van der Waals surface area contributed by atoms with Gasteiger partial charge in [0, 0.05) is 0 Å². The summed E-state index contributed by atoms with van der Waals surface area (Å²) in [6.45, 7) is 0. The van der Waals surface area contributed by atoms with Gasteiger partial charge in [0.25, 0.3) is 0 Å². The fourth-order valence-corrected chi connectivity index (χ4v) is 8.91. The van der Waals surface area contributed by atoms with E-state index in [2.05, 4.69) is 0 Å². The van der Waals surface area contributed by atoms with Crippen LogP contribution in [0.4, 0.5) is 22.0 Å². The van der Waals surface area contributed by atoms with E-state index < -0.39 is 25.8 Å². The molecule has 3 aromatic rings. The monoisotopic (exact) mass is 438 g/mol. The molecule has 0 heterocycles. The Morgan fingerprint density at radius 2 is 0.900 bits per heavy atom. The number of rotatable bonds is 8. The predicted molar refractivity (Wildman–Crippen MR) is 116 cm³/mol. The van der Waals surface area contributed by atoms with Crippen LogP contribution in [0.2, 0.25) is 0 Å². The summed E-state index contributed by atoms with van der Waals surface area (Å²) in [7, 11) is -2.59. The maximum absolute atomic E-state index is 13.4. The van der Waals surface area contributed by atoms with Crippen LogP contribution in [0.15, 0.2) is 91.0 Å². The molecule has 0 aliphatic rings. The molecule has 6 heteroatoms. The molecule has 0 N–H and O–H groups in total. The first-order valence-corrected chi connectivity index (χ1v) is 12.1. The predicted octanol–water partition coefficient (Wildman–Crippen LogP) is 6.08. The third-order valence-electron chi connectivity index (χ3n) is 5.51. The van der Waals surface area contributed by atoms with Crippen molar-refractivity contribution in [3.8, 4) is 0 Å². The number of hydrogen-bond donors (Lipinski definition) is 0. The Balaban J connectivity index is 1.98. The summed E-state index contributed by atoms with van der Waals surface area (Å²) < 4.78 is 64.5. The van der Waals surface area contributed by atoms with E-state index in [-0.39, 0.29) is 12.8 Å². The van der Waals surface area contributed by atoms with Gasteiger partial charge < -0.3 is 0 Å². The molecule has 0 radical (unpaired) electrons. The number of unbranched alkanes of at least 4 members (excludes halogenated alkanes) is 1. The van der Waals surface area contributed by atoms with Crippen LogP contribution in [0.25, 0.3) is 0 Å². The van der Waals surface area contributed by atoms with Crippen LogP contribution in [-0.2, 0) is 0 Å². The molecule has 0 saturated heterocycles. The normalized spacial score (nSPS) is 13.2. The van der Waals surface area contributed by atoms with E-state index in [0.29, 0.717) is 6.16 Å². The van der Waals surface area contributed by atoms with Crippen molar-refractivity contribution in [3.63, 3.8) is 0 Å². The zero-order valence-corrected chi connectivity index (χ0v) is 17.4. The van der Waals surface area contributed by atoms with Crippen molar-refractivity contribution in [2.45, 2.75) is 31.4 Å². The van der Waals surface area contributed by atoms with Crippen LogP contribution in [0.3, 0.4) is 0 Å². The molecule has 0 aliphatic carbocycles. The quantitative estimate of drug-likeness (QED) is 0.227. The second-order valence-electron chi connectivity index (χ2n) is 7.41. The average molecular weight is 438 g/mol. The Morgan fingerprint density at radius 3 is 1.23 bits per heavy atom. The molecule has 160 valence electrons. The molecule has 0 atom stereocenters. The second-order valence-corrected chi connectivity index (χ2v) is 11.5. The number of halogens is 5. The van der Waals surface area contributed by atoms with Crippen LogP contribution in [0.5, 0.6) is 0 Å². The molecule has 0 aliphatic heterocycles. The molecule has 0 amide bonds. The van der Waals surface area contributed by atoms with E-state index in [9.17, 15) is 22.0 Å². The summed E-state index contributed by atoms with van der Waals surface area (Å²) in [4.78, 5) is 0. The van der Waals surface area contributed by atoms with Gasteiger partial charge in [0.15, 0.2) is 0 Å². The van der Waals surface area contributed by atoms with E-state index in [4.69, 9.17) is 0 Å². The van der Waals surface area contributed by atoms with Gasteiger partial charge in [-0.25, -0.2) is 0 Å². The van der Waals surface area contributed by atoms with E-state index in [1.807, 2.05) is 91.0 Å². The van der Waals surface area contributed by atoms with Crippen LogP contribution in [0, 0.1) is 0 Å². The van der Waals surface area contributed by atoms with Gasteiger partial charge in [0.1, 0.15) is 0 Å². The number of hydrogen-bond acceptors (Lipinski definition) is 0. The summed E-state index contributed by atoms with van der Waals surface area (Å²) >= 11 is 0. The maximum atomic E-state index is 13.4. The van der Waals surface area contributed by atoms with Gasteiger partial charge in [-0.15, -0.1) is 0 Å². The van der Waals surface area contributed by atoms with Gasteiger partial charge in [0.05, 0.1) is 0 Å². The standard InChI is InChI=1S/C24H24F5P/c25-23(26,24(27,28)29)18-10-11-19-30(20-12-4-1-5-13-20,21-14-6-2-7-15-21)22-16-8-3-9-17-22/h1-9,12-17,30H,10-11,18-19H2. The summed E-state index contributed by atoms with van der Waals surface area (Å²) in [5.74, 6) is -4.65. The fraction of sp³-hybridized carbons (Fsp3) is 0.250. The molecule has 3 rings (SSSR count). The molecule has 0 fully saturated rings. The van der Waals surface area contributed by atoms with Crippen molar-refractivity contribution >= 4 is 23.2 Å². The van der Waals surface area contributed by atoms with Crippen LogP contribution in [0.1, 0.15) is 19.3 Å². The average Bonchev–Trinajstić information content (AvgIpc) is 2.75. The van der Waals surface area contributed by atoms with E-state index in [1.54, 1.807) is 0 Å². The summed E-state index contributed by atoms with van der Waals surface area (Å²) in [5, 5.41) is 3.35. The van der Waals surface area contributed by atoms with Crippen LogP contribution < -0.4 is 15.9 Å². The summed E-state index contributed by atoms with van der Waals surface area (Å²) in [6, 6.07) is 29.7. The zero-order valence-electron chi connectivity index (χ0n) is 16.4. The molecule has 0 bridgehead atoms. The van der Waals surface area contributed by atoms with Gasteiger partial charge in [-0.2, -0.15) is 0 Å². The van der Waals surface area contributed by atoms with Crippen molar-refractivity contribution in [2.24, 2.45) is 0 Å². The van der Waals surface area contributed by atoms with Crippen molar-refractivity contribution in [3.05, 3.63) is 91.0 Å². The number of alkyl halides is 5. The molecular weight excluding hydrogens is 414 g/mol. The van der Waals surface area contributed by atoms with Gasteiger partial charge in [-0.05, 0) is 0 Å². The van der Waals surface area contributed by atoms with E-state index >= 15 is 0 Å². The SMILES string of the molecule is FC(F)(F)C(F)(F)CCCC[PH](c1ccccc1)(c1ccccc1)c1ccccc1. The van der Waals surface area contributed by atoms with Gasteiger partial charge in [0.2, 0.25) is 0 Å². The van der Waals surface area contributed by atoms with Crippen molar-refractivity contribution in [1.29, 1.82) is 0 Å². The first kappa shape index (κ1) is 22.4. The molecule has 0 aromatic heterocycles. The third kappa shape index (κ3) is 4.73. The van der Waals surface area contributed by atoms with Crippen molar-refractivity contribution in [1.82, 2.24) is 0 Å². The third-order valence-corrected chi connectivity index (χ3v) is 10.6. The van der Waals surface area contributed by atoms with E-state index in [0.717, 1.165) is 15.9 Å². The fourth-order valence-electron chi connectivity index (χ4n) is 3.98. The number of benzene rings is 3. The van der Waals surface area contributed by atoms with Crippen LogP contribution in [-0.4, -0.2) is 18.3 Å². The minimum absolute atomic E-state index is 0.187. The Labute approximate surface area is 174 Å². The van der Waals surface area contributed by atoms with E-state index in [1.165, 1.54) is 0 Å². The summed E-state index contributed by atoms with van der Waals surface area (Å²) in [5.41, 5.74) is 0. The molecular formula is C24H24F5P.